The van der Waals surface area contributed by atoms with E-state index in [1.54, 1.807) is 30.8 Å². The Kier molecular flexibility index (Phi) is 5.67. The summed E-state index contributed by atoms with van der Waals surface area (Å²) >= 11 is 0. The zero-order valence-corrected chi connectivity index (χ0v) is 16.6. The third-order valence-corrected chi connectivity index (χ3v) is 4.43. The third kappa shape index (κ3) is 4.06. The van der Waals surface area contributed by atoms with E-state index in [9.17, 15) is 17.6 Å². The van der Waals surface area contributed by atoms with E-state index in [1.165, 1.54) is 24.3 Å². The number of nitrogens with one attached hydrogen (secondary N) is 1. The molecule has 0 aliphatic rings. The summed E-state index contributed by atoms with van der Waals surface area (Å²) in [4.78, 5) is 9.05. The molecular weight excluding hydrogens is 422 g/mol. The summed E-state index contributed by atoms with van der Waals surface area (Å²) in [6.45, 7) is 1.80. The smallest absolute Gasteiger partial charge is 0.338 e. The Morgan fingerprint density at radius 3 is 2.17 bits per heavy atom. The van der Waals surface area contributed by atoms with Crippen LogP contribution in [0.2, 0.25) is 0 Å². The van der Waals surface area contributed by atoms with E-state index >= 15 is 0 Å². The molecule has 0 unspecified atom stereocenters. The molecule has 5 nitrogen and oxygen atoms in total. The van der Waals surface area contributed by atoms with E-state index in [-0.39, 0.29) is 18.2 Å². The zero-order chi connectivity index (χ0) is 20.8. The number of fused-ring (bicyclic) bond motifs is 1. The normalized spacial score (nSPS) is 11.4. The number of rotatable bonds is 3. The minimum absolute atomic E-state index is 0. The van der Waals surface area contributed by atoms with E-state index in [1.807, 2.05) is 0 Å². The molecule has 4 aromatic rings. The molecule has 1 N–H and O–H groups in total. The van der Waals surface area contributed by atoms with Crippen LogP contribution in [0.1, 0.15) is 11.3 Å². The second-order valence-corrected chi connectivity index (χ2v) is 6.51. The molecule has 2 heterocycles. The Bertz CT molecular complexity index is 1190. The molecule has 4 rings (SSSR count). The van der Waals surface area contributed by atoms with Gasteiger partial charge in [-0.15, -0.1) is 12.4 Å². The quantitative estimate of drug-likeness (QED) is 0.420. The van der Waals surface area contributed by atoms with Gasteiger partial charge in [-0.1, -0.05) is 0 Å². The van der Waals surface area contributed by atoms with Gasteiger partial charge in [0.15, 0.2) is 11.6 Å². The van der Waals surface area contributed by atoms with Gasteiger partial charge in [-0.2, -0.15) is 18.3 Å². The molecule has 10 heteroatoms. The predicted molar refractivity (Wildman–Crippen MR) is 108 cm³/mol. The molecule has 0 amide bonds. The van der Waals surface area contributed by atoms with Crippen molar-refractivity contribution in [1.82, 2.24) is 19.7 Å². The second-order valence-electron chi connectivity index (χ2n) is 6.51. The summed E-state index contributed by atoms with van der Waals surface area (Å²) in [5.41, 5.74) is 2.17. The highest BCUT2D eigenvalue weighted by Crippen LogP contribution is 2.32. The van der Waals surface area contributed by atoms with Crippen LogP contribution < -0.4 is 5.32 Å². The van der Waals surface area contributed by atoms with Gasteiger partial charge in [-0.3, -0.25) is 4.68 Å². The van der Waals surface area contributed by atoms with Gasteiger partial charge < -0.3 is 5.32 Å². The second kappa shape index (κ2) is 7.91. The molecule has 0 aliphatic heterocycles. The highest BCUT2D eigenvalue weighted by molar-refractivity contribution is 5.91. The Hall–Kier alpha value is -3.20. The van der Waals surface area contributed by atoms with Crippen molar-refractivity contribution >= 4 is 34.9 Å². The van der Waals surface area contributed by atoms with Crippen molar-refractivity contribution in [3.8, 4) is 11.4 Å². The minimum atomic E-state index is -4.41. The molecule has 0 saturated heterocycles. The van der Waals surface area contributed by atoms with E-state index in [0.717, 1.165) is 12.1 Å². The third-order valence-electron chi connectivity index (χ3n) is 4.43. The number of anilines is 2. The van der Waals surface area contributed by atoms with Gasteiger partial charge in [0.05, 0.1) is 11.3 Å². The molecule has 0 fully saturated rings. The van der Waals surface area contributed by atoms with Gasteiger partial charge in [0, 0.05) is 18.3 Å². The molecule has 0 aliphatic carbocycles. The van der Waals surface area contributed by atoms with Gasteiger partial charge in [0.25, 0.3) is 0 Å². The number of benzene rings is 2. The molecule has 0 atom stereocenters. The van der Waals surface area contributed by atoms with Crippen LogP contribution in [0.4, 0.5) is 29.1 Å². The summed E-state index contributed by atoms with van der Waals surface area (Å²) in [5.74, 6) is 0.357. The fourth-order valence-corrected chi connectivity index (χ4v) is 3.03. The summed E-state index contributed by atoms with van der Waals surface area (Å²) in [7, 11) is 1.73. The first kappa shape index (κ1) is 21.5. The molecule has 0 bridgehead atoms. The standard InChI is InChI=1S/C20H15F4N5.ClH/c1-11-16-17(29(2)28-11)19(25-15-9-5-13(6-10-15)20(22,23)24)27-18(26-16)12-3-7-14(21)8-4-12;/h3-10H,1-2H3,(H,25,26,27);1H. The van der Waals surface area contributed by atoms with Crippen molar-refractivity contribution in [1.29, 1.82) is 0 Å². The first-order valence-corrected chi connectivity index (χ1v) is 8.64. The summed E-state index contributed by atoms with van der Waals surface area (Å²) in [5, 5.41) is 7.40. The topological polar surface area (TPSA) is 55.6 Å². The minimum Gasteiger partial charge on any atom is -0.338 e. The van der Waals surface area contributed by atoms with Crippen LogP contribution in [0.15, 0.2) is 48.5 Å². The average Bonchev–Trinajstić information content (AvgIpc) is 2.96. The maximum atomic E-state index is 13.3. The molecule has 30 heavy (non-hydrogen) atoms. The number of hydrogen-bond acceptors (Lipinski definition) is 4. The summed E-state index contributed by atoms with van der Waals surface area (Å²) in [6, 6.07) is 10.4. The molecule has 0 saturated carbocycles. The lowest BCUT2D eigenvalue weighted by molar-refractivity contribution is -0.137. The number of halogens is 5. The molecule has 156 valence electrons. The van der Waals surface area contributed by atoms with Gasteiger partial charge in [-0.05, 0) is 55.5 Å². The number of nitrogens with zero attached hydrogens (tertiary/aromatic N) is 4. The Labute approximate surface area is 175 Å². The van der Waals surface area contributed by atoms with Crippen LogP contribution in [-0.2, 0) is 13.2 Å². The molecular formula is C20H16ClF4N5. The van der Waals surface area contributed by atoms with Crippen LogP contribution >= 0.6 is 12.4 Å². The Morgan fingerprint density at radius 1 is 0.933 bits per heavy atom. The number of aromatic nitrogens is 4. The van der Waals surface area contributed by atoms with E-state index in [0.29, 0.717) is 39.6 Å². The lowest BCUT2D eigenvalue weighted by Crippen LogP contribution is -2.05. The van der Waals surface area contributed by atoms with Crippen molar-refractivity contribution in [2.24, 2.45) is 7.05 Å². The predicted octanol–water partition coefficient (Wildman–Crippen LogP) is 5.66. The van der Waals surface area contributed by atoms with Gasteiger partial charge in [0.2, 0.25) is 0 Å². The maximum absolute atomic E-state index is 13.3. The van der Waals surface area contributed by atoms with E-state index in [4.69, 9.17) is 0 Å². The summed E-state index contributed by atoms with van der Waals surface area (Å²) < 4.78 is 53.3. The lowest BCUT2D eigenvalue weighted by Gasteiger charge is -2.11. The fraction of sp³-hybridized carbons (Fsp3) is 0.150. The Morgan fingerprint density at radius 2 is 1.57 bits per heavy atom. The van der Waals surface area contributed by atoms with E-state index < -0.39 is 11.7 Å². The van der Waals surface area contributed by atoms with Crippen molar-refractivity contribution in [2.45, 2.75) is 13.1 Å². The molecule has 2 aromatic carbocycles. The first-order valence-electron chi connectivity index (χ1n) is 8.64. The van der Waals surface area contributed by atoms with Crippen molar-refractivity contribution < 1.29 is 17.6 Å². The highest BCUT2D eigenvalue weighted by atomic mass is 35.5. The van der Waals surface area contributed by atoms with Crippen LogP contribution in [0.25, 0.3) is 22.4 Å². The van der Waals surface area contributed by atoms with Crippen molar-refractivity contribution in [3.63, 3.8) is 0 Å². The van der Waals surface area contributed by atoms with Crippen LogP contribution in [-0.4, -0.2) is 19.7 Å². The summed E-state index contributed by atoms with van der Waals surface area (Å²) in [6.07, 6.45) is -4.41. The van der Waals surface area contributed by atoms with E-state index in [2.05, 4.69) is 20.4 Å². The molecule has 0 radical (unpaired) electrons. The molecule has 2 aromatic heterocycles. The zero-order valence-electron chi connectivity index (χ0n) is 15.8. The van der Waals surface area contributed by atoms with Gasteiger partial charge in [-0.25, -0.2) is 14.4 Å². The maximum Gasteiger partial charge on any atom is 0.416 e. The highest BCUT2D eigenvalue weighted by Gasteiger charge is 2.30. The number of hydrogen-bond donors (Lipinski definition) is 1. The van der Waals surface area contributed by atoms with Crippen molar-refractivity contribution in [2.75, 3.05) is 5.32 Å². The molecule has 0 spiro atoms. The first-order chi connectivity index (χ1) is 13.7. The van der Waals surface area contributed by atoms with Crippen LogP contribution in [0.5, 0.6) is 0 Å². The Balaban J connectivity index is 0.00000256. The lowest BCUT2D eigenvalue weighted by atomic mass is 10.2. The fourth-order valence-electron chi connectivity index (χ4n) is 3.03. The average molecular weight is 438 g/mol. The van der Waals surface area contributed by atoms with Gasteiger partial charge in [0.1, 0.15) is 16.9 Å². The largest absolute Gasteiger partial charge is 0.416 e. The van der Waals surface area contributed by atoms with Crippen molar-refractivity contribution in [3.05, 3.63) is 65.6 Å². The SMILES string of the molecule is Cc1nn(C)c2c(Nc3ccc(C(F)(F)F)cc3)nc(-c3ccc(F)cc3)nc12.Cl. The van der Waals surface area contributed by atoms with Crippen LogP contribution in [0.3, 0.4) is 0 Å². The monoisotopic (exact) mass is 437 g/mol. The number of aryl methyl sites for hydroxylation is 2. The van der Waals surface area contributed by atoms with Gasteiger partial charge >= 0.3 is 6.18 Å². The van der Waals surface area contributed by atoms with Crippen LogP contribution in [0, 0.1) is 12.7 Å². The number of alkyl halides is 3.